The van der Waals surface area contributed by atoms with Gasteiger partial charge in [0.1, 0.15) is 11.5 Å². The minimum atomic E-state index is -1.19. The number of amides is 3. The summed E-state index contributed by atoms with van der Waals surface area (Å²) in [6.07, 6.45) is 1.92. The number of benzene rings is 1. The van der Waals surface area contributed by atoms with E-state index in [0.717, 1.165) is 22.0 Å². The summed E-state index contributed by atoms with van der Waals surface area (Å²) >= 11 is 0. The fourth-order valence-electron chi connectivity index (χ4n) is 4.63. The summed E-state index contributed by atoms with van der Waals surface area (Å²) in [5, 5.41) is 2.83. The van der Waals surface area contributed by atoms with Gasteiger partial charge in [-0.05, 0) is 38.1 Å². The first-order chi connectivity index (χ1) is 15.4. The minimum absolute atomic E-state index is 0.287. The molecular weight excluding hydrogens is 410 g/mol. The van der Waals surface area contributed by atoms with Gasteiger partial charge in [0.05, 0.1) is 26.0 Å². The largest absolute Gasteiger partial charge is 0.493 e. The average molecular weight is 433 g/mol. The third kappa shape index (κ3) is 3.02. The van der Waals surface area contributed by atoms with E-state index in [4.69, 9.17) is 9.15 Å². The van der Waals surface area contributed by atoms with E-state index in [1.54, 1.807) is 30.5 Å². The molecule has 164 valence electrons. The van der Waals surface area contributed by atoms with Crippen molar-refractivity contribution in [3.63, 3.8) is 0 Å². The molecule has 5 rings (SSSR count). The van der Waals surface area contributed by atoms with Crippen LogP contribution in [-0.4, -0.2) is 40.3 Å². The zero-order valence-corrected chi connectivity index (χ0v) is 17.9. The summed E-state index contributed by atoms with van der Waals surface area (Å²) in [6.45, 7) is 4.25. The average Bonchev–Trinajstić information content (AvgIpc) is 3.46. The van der Waals surface area contributed by atoms with Crippen molar-refractivity contribution in [2.24, 2.45) is 0 Å². The Hall–Kier alpha value is -3.81. The van der Waals surface area contributed by atoms with Crippen molar-refractivity contribution in [1.29, 1.82) is 0 Å². The first-order valence-electron chi connectivity index (χ1n) is 10.5. The van der Waals surface area contributed by atoms with Crippen LogP contribution in [0.25, 0.3) is 0 Å². The first-order valence-corrected chi connectivity index (χ1v) is 10.5. The summed E-state index contributed by atoms with van der Waals surface area (Å²) < 4.78 is 13.1. The molecule has 3 aromatic rings. The van der Waals surface area contributed by atoms with E-state index < -0.39 is 17.5 Å². The minimum Gasteiger partial charge on any atom is -0.493 e. The lowest BCUT2D eigenvalue weighted by atomic mass is 9.84. The molecule has 1 aromatic carbocycles. The molecule has 1 atom stereocenters. The predicted molar refractivity (Wildman–Crippen MR) is 115 cm³/mol. The van der Waals surface area contributed by atoms with Crippen LogP contribution in [0.1, 0.15) is 39.5 Å². The Morgan fingerprint density at radius 3 is 2.75 bits per heavy atom. The number of rotatable bonds is 5. The molecule has 2 aromatic heterocycles. The van der Waals surface area contributed by atoms with Crippen LogP contribution in [0.5, 0.6) is 5.75 Å². The highest BCUT2D eigenvalue weighted by molar-refractivity contribution is 6.12. The molecule has 1 fully saturated rings. The number of nitrogens with zero attached hydrogens (tertiary/aromatic N) is 2. The van der Waals surface area contributed by atoms with E-state index in [1.165, 1.54) is 0 Å². The van der Waals surface area contributed by atoms with Gasteiger partial charge in [-0.1, -0.05) is 18.2 Å². The van der Waals surface area contributed by atoms with Crippen molar-refractivity contribution in [2.45, 2.75) is 32.4 Å². The topological polar surface area (TPSA) is 93.8 Å². The smallest absolute Gasteiger partial charge is 0.325 e. The number of hydrogen-bond acceptors (Lipinski definition) is 5. The van der Waals surface area contributed by atoms with Crippen molar-refractivity contribution < 1.29 is 23.5 Å². The third-order valence-electron chi connectivity index (χ3n) is 6.33. The maximum absolute atomic E-state index is 13.4. The third-order valence-corrected chi connectivity index (χ3v) is 6.33. The fourth-order valence-corrected chi connectivity index (χ4v) is 4.63. The molecule has 1 N–H and O–H groups in total. The molecule has 0 aliphatic carbocycles. The number of fused-ring (bicyclic) bond motifs is 2. The van der Waals surface area contributed by atoms with Gasteiger partial charge < -0.3 is 19.0 Å². The van der Waals surface area contributed by atoms with Crippen molar-refractivity contribution in [2.75, 3.05) is 13.2 Å². The number of aryl methyl sites for hydroxylation is 1. The Labute approximate surface area is 184 Å². The first kappa shape index (κ1) is 20.1. The number of para-hydroxylation sites is 1. The molecule has 0 saturated carbocycles. The van der Waals surface area contributed by atoms with Crippen molar-refractivity contribution in [1.82, 2.24) is 14.8 Å². The van der Waals surface area contributed by atoms with Gasteiger partial charge in [0, 0.05) is 28.9 Å². The van der Waals surface area contributed by atoms with Crippen molar-refractivity contribution >= 4 is 17.7 Å². The number of ether oxygens (including phenoxy) is 1. The summed E-state index contributed by atoms with van der Waals surface area (Å²) in [5.41, 5.74) is 1.58. The van der Waals surface area contributed by atoms with Crippen LogP contribution in [0.2, 0.25) is 0 Å². The van der Waals surface area contributed by atoms with Crippen LogP contribution in [-0.2, 0) is 16.9 Å². The van der Waals surface area contributed by atoms with Gasteiger partial charge in [0.25, 0.3) is 5.91 Å². The van der Waals surface area contributed by atoms with Crippen LogP contribution in [0.4, 0.5) is 4.79 Å². The maximum atomic E-state index is 13.4. The highest BCUT2D eigenvalue weighted by Gasteiger charge is 2.55. The van der Waals surface area contributed by atoms with Crippen LogP contribution in [0.3, 0.4) is 0 Å². The number of ketones is 1. The second kappa shape index (κ2) is 7.40. The van der Waals surface area contributed by atoms with Gasteiger partial charge >= 0.3 is 6.03 Å². The second-order valence-corrected chi connectivity index (χ2v) is 8.19. The Morgan fingerprint density at radius 2 is 1.97 bits per heavy atom. The van der Waals surface area contributed by atoms with E-state index in [-0.39, 0.29) is 12.3 Å². The molecule has 8 heteroatoms. The molecule has 4 heterocycles. The Balaban J connectivity index is 1.40. The van der Waals surface area contributed by atoms with Gasteiger partial charge in [-0.3, -0.25) is 14.5 Å². The standard InChI is InChI=1S/C24H23N3O5/c1-15-12-18(16(2)26(15)13-17-6-5-10-31-17)20(28)14-27-22(29)24(25-23(27)30)9-11-32-21-8-4-3-7-19(21)24/h3-8,10,12H,9,11,13-14H2,1-2H3,(H,25,30)/t24-/m1/s1. The highest BCUT2D eigenvalue weighted by atomic mass is 16.5. The maximum Gasteiger partial charge on any atom is 0.325 e. The lowest BCUT2D eigenvalue weighted by molar-refractivity contribution is -0.132. The van der Waals surface area contributed by atoms with Crippen LogP contribution in [0.15, 0.2) is 53.1 Å². The van der Waals surface area contributed by atoms with E-state index >= 15 is 0 Å². The molecule has 0 bridgehead atoms. The number of aromatic nitrogens is 1. The normalized spacial score (nSPS) is 19.8. The number of urea groups is 1. The molecular formula is C24H23N3O5. The number of Topliss-reactive ketones (excluding diaryl/α,β-unsaturated/α-hetero) is 1. The van der Waals surface area contributed by atoms with Gasteiger partial charge in [-0.2, -0.15) is 0 Å². The fraction of sp³-hybridized carbons (Fsp3) is 0.292. The molecule has 32 heavy (non-hydrogen) atoms. The van der Waals surface area contributed by atoms with Crippen LogP contribution >= 0.6 is 0 Å². The number of carbonyl (C=O) groups is 3. The summed E-state index contributed by atoms with van der Waals surface area (Å²) in [5.74, 6) is 0.641. The number of imide groups is 1. The quantitative estimate of drug-likeness (QED) is 0.493. The lowest BCUT2D eigenvalue weighted by Crippen LogP contribution is -2.47. The molecule has 0 unspecified atom stereocenters. The predicted octanol–water partition coefficient (Wildman–Crippen LogP) is 3.16. The SMILES string of the molecule is Cc1cc(C(=O)CN2C(=O)N[C@@]3(CCOc4ccccc43)C2=O)c(C)n1Cc1ccco1. The van der Waals surface area contributed by atoms with Gasteiger partial charge in [0.2, 0.25) is 0 Å². The van der Waals surface area contributed by atoms with E-state index in [2.05, 4.69) is 5.32 Å². The molecule has 1 saturated heterocycles. The zero-order valence-electron chi connectivity index (χ0n) is 17.9. The molecule has 0 radical (unpaired) electrons. The number of hydrogen-bond donors (Lipinski definition) is 1. The van der Waals surface area contributed by atoms with Gasteiger partial charge in [0.15, 0.2) is 11.3 Å². The number of carbonyl (C=O) groups excluding carboxylic acids is 3. The Kier molecular flexibility index (Phi) is 4.65. The Morgan fingerprint density at radius 1 is 1.16 bits per heavy atom. The van der Waals surface area contributed by atoms with E-state index in [0.29, 0.717) is 36.4 Å². The molecule has 2 aliphatic rings. The molecule has 3 amide bonds. The van der Waals surface area contributed by atoms with E-state index in [1.807, 2.05) is 36.6 Å². The lowest BCUT2D eigenvalue weighted by Gasteiger charge is -2.33. The molecule has 1 spiro atoms. The Bertz CT molecular complexity index is 1230. The van der Waals surface area contributed by atoms with Crippen LogP contribution < -0.4 is 10.1 Å². The summed E-state index contributed by atoms with van der Waals surface area (Å²) in [6, 6.07) is 12.1. The van der Waals surface area contributed by atoms with Gasteiger partial charge in [-0.15, -0.1) is 0 Å². The second-order valence-electron chi connectivity index (χ2n) is 8.19. The monoisotopic (exact) mass is 433 g/mol. The van der Waals surface area contributed by atoms with Crippen molar-refractivity contribution in [3.05, 3.63) is 77.0 Å². The summed E-state index contributed by atoms with van der Waals surface area (Å²) in [7, 11) is 0. The summed E-state index contributed by atoms with van der Waals surface area (Å²) in [4.78, 5) is 40.4. The zero-order chi connectivity index (χ0) is 22.5. The highest BCUT2D eigenvalue weighted by Crippen LogP contribution is 2.41. The van der Waals surface area contributed by atoms with Crippen LogP contribution in [0, 0.1) is 13.8 Å². The molecule has 8 nitrogen and oxygen atoms in total. The number of nitrogens with one attached hydrogen (secondary N) is 1. The number of furan rings is 1. The van der Waals surface area contributed by atoms with Gasteiger partial charge in [-0.25, -0.2) is 4.79 Å². The van der Waals surface area contributed by atoms with Crippen molar-refractivity contribution in [3.8, 4) is 5.75 Å². The van der Waals surface area contributed by atoms with E-state index in [9.17, 15) is 14.4 Å². The molecule has 2 aliphatic heterocycles.